The van der Waals surface area contributed by atoms with Crippen LogP contribution in [0.25, 0.3) is 11.4 Å². The standard InChI is InChI=1S/C15H19N5O/c1-19-6-8-20(9-7-19)13-10-12(4-5-16-13)14-17-15(21-18-14)11-2-3-11/h4-5,10-11H,2-3,6-9H2,1H3. The molecule has 6 nitrogen and oxygen atoms in total. The van der Waals surface area contributed by atoms with Gasteiger partial charge in [0, 0.05) is 43.9 Å². The molecule has 3 heterocycles. The van der Waals surface area contributed by atoms with Crippen LogP contribution in [0.3, 0.4) is 0 Å². The first-order valence-electron chi connectivity index (χ1n) is 7.53. The summed E-state index contributed by atoms with van der Waals surface area (Å²) < 4.78 is 5.34. The van der Waals surface area contributed by atoms with Gasteiger partial charge in [0.15, 0.2) is 0 Å². The van der Waals surface area contributed by atoms with Crippen molar-refractivity contribution in [2.24, 2.45) is 0 Å². The molecule has 1 saturated carbocycles. The highest BCUT2D eigenvalue weighted by Gasteiger charge is 2.29. The third kappa shape index (κ3) is 2.63. The van der Waals surface area contributed by atoms with Gasteiger partial charge in [0.25, 0.3) is 0 Å². The third-order valence-electron chi connectivity index (χ3n) is 4.20. The zero-order chi connectivity index (χ0) is 14.2. The lowest BCUT2D eigenvalue weighted by Crippen LogP contribution is -2.44. The van der Waals surface area contributed by atoms with E-state index in [0.717, 1.165) is 43.5 Å². The molecule has 0 spiro atoms. The summed E-state index contributed by atoms with van der Waals surface area (Å²) in [5.41, 5.74) is 0.981. The first-order chi connectivity index (χ1) is 10.3. The largest absolute Gasteiger partial charge is 0.354 e. The minimum absolute atomic E-state index is 0.491. The second-order valence-electron chi connectivity index (χ2n) is 5.92. The molecule has 1 saturated heterocycles. The summed E-state index contributed by atoms with van der Waals surface area (Å²) in [4.78, 5) is 13.6. The van der Waals surface area contributed by atoms with Gasteiger partial charge in [0.2, 0.25) is 11.7 Å². The Bertz CT molecular complexity index is 628. The summed E-state index contributed by atoms with van der Waals surface area (Å²) in [7, 11) is 2.15. The number of nitrogens with zero attached hydrogens (tertiary/aromatic N) is 5. The van der Waals surface area contributed by atoms with E-state index in [9.17, 15) is 0 Å². The van der Waals surface area contributed by atoms with Crippen molar-refractivity contribution in [2.45, 2.75) is 18.8 Å². The fourth-order valence-electron chi connectivity index (χ4n) is 2.61. The number of hydrogen-bond donors (Lipinski definition) is 0. The molecule has 2 aliphatic rings. The Morgan fingerprint density at radius 1 is 1.19 bits per heavy atom. The molecule has 2 aromatic rings. The van der Waals surface area contributed by atoms with Gasteiger partial charge in [-0.05, 0) is 32.0 Å². The van der Waals surface area contributed by atoms with Crippen molar-refractivity contribution >= 4 is 5.82 Å². The van der Waals surface area contributed by atoms with Gasteiger partial charge in [-0.3, -0.25) is 0 Å². The number of piperazine rings is 1. The van der Waals surface area contributed by atoms with Crippen LogP contribution in [0.15, 0.2) is 22.9 Å². The predicted octanol–water partition coefficient (Wildman–Crippen LogP) is 1.76. The molecule has 0 aromatic carbocycles. The minimum atomic E-state index is 0.491. The molecular weight excluding hydrogens is 266 g/mol. The van der Waals surface area contributed by atoms with Crippen LogP contribution in [-0.2, 0) is 0 Å². The summed E-state index contributed by atoms with van der Waals surface area (Å²) in [6.07, 6.45) is 4.17. The molecule has 110 valence electrons. The van der Waals surface area contributed by atoms with Crippen molar-refractivity contribution in [3.63, 3.8) is 0 Å². The predicted molar refractivity (Wildman–Crippen MR) is 79.2 cm³/mol. The Labute approximate surface area is 123 Å². The zero-order valence-corrected chi connectivity index (χ0v) is 12.2. The first-order valence-corrected chi connectivity index (χ1v) is 7.53. The molecule has 0 N–H and O–H groups in total. The lowest BCUT2D eigenvalue weighted by atomic mass is 10.2. The van der Waals surface area contributed by atoms with Crippen LogP contribution in [0.1, 0.15) is 24.7 Å². The highest BCUT2D eigenvalue weighted by molar-refractivity contribution is 5.59. The van der Waals surface area contributed by atoms with E-state index in [2.05, 4.69) is 38.0 Å². The van der Waals surface area contributed by atoms with E-state index in [1.807, 2.05) is 12.3 Å². The van der Waals surface area contributed by atoms with Crippen LogP contribution in [0.2, 0.25) is 0 Å². The Hall–Kier alpha value is -1.95. The SMILES string of the molecule is CN1CCN(c2cc(-c3noc(C4CC4)n3)ccn2)CC1. The van der Waals surface area contributed by atoms with Crippen molar-refractivity contribution in [1.29, 1.82) is 0 Å². The fourth-order valence-corrected chi connectivity index (χ4v) is 2.61. The van der Waals surface area contributed by atoms with Gasteiger partial charge >= 0.3 is 0 Å². The first kappa shape index (κ1) is 12.8. The van der Waals surface area contributed by atoms with Crippen LogP contribution in [0.5, 0.6) is 0 Å². The monoisotopic (exact) mass is 285 g/mol. The van der Waals surface area contributed by atoms with Gasteiger partial charge < -0.3 is 14.3 Å². The quantitative estimate of drug-likeness (QED) is 0.856. The Kier molecular flexibility index (Phi) is 3.11. The number of hydrogen-bond acceptors (Lipinski definition) is 6. The third-order valence-corrected chi connectivity index (χ3v) is 4.20. The van der Waals surface area contributed by atoms with Gasteiger partial charge in [-0.15, -0.1) is 0 Å². The Morgan fingerprint density at radius 3 is 2.76 bits per heavy atom. The molecule has 2 aromatic heterocycles. The molecule has 1 aliphatic carbocycles. The lowest BCUT2D eigenvalue weighted by molar-refractivity contribution is 0.312. The summed E-state index contributed by atoms with van der Waals surface area (Å²) in [5, 5.41) is 4.11. The Balaban J connectivity index is 1.56. The molecule has 21 heavy (non-hydrogen) atoms. The molecule has 0 atom stereocenters. The molecule has 0 amide bonds. The molecule has 0 radical (unpaired) electrons. The molecule has 1 aliphatic heterocycles. The van der Waals surface area contributed by atoms with E-state index in [1.165, 1.54) is 12.8 Å². The molecule has 2 fully saturated rings. The highest BCUT2D eigenvalue weighted by atomic mass is 16.5. The smallest absolute Gasteiger partial charge is 0.230 e. The lowest BCUT2D eigenvalue weighted by Gasteiger charge is -2.33. The molecule has 6 heteroatoms. The second kappa shape index (κ2) is 5.11. The summed E-state index contributed by atoms with van der Waals surface area (Å²) in [5.74, 6) is 2.95. The number of pyridine rings is 1. The summed E-state index contributed by atoms with van der Waals surface area (Å²) in [6, 6.07) is 4.01. The number of aromatic nitrogens is 3. The fraction of sp³-hybridized carbons (Fsp3) is 0.533. The summed E-state index contributed by atoms with van der Waals surface area (Å²) in [6.45, 7) is 4.15. The van der Waals surface area contributed by atoms with Crippen LogP contribution < -0.4 is 4.90 Å². The molecule has 0 bridgehead atoms. The van der Waals surface area contributed by atoms with Gasteiger partial charge in [-0.2, -0.15) is 4.98 Å². The molecule has 0 unspecified atom stereocenters. The van der Waals surface area contributed by atoms with E-state index >= 15 is 0 Å². The van der Waals surface area contributed by atoms with Crippen molar-refractivity contribution in [2.75, 3.05) is 38.1 Å². The van der Waals surface area contributed by atoms with Crippen molar-refractivity contribution in [3.05, 3.63) is 24.2 Å². The number of rotatable bonds is 3. The van der Waals surface area contributed by atoms with Gasteiger partial charge in [0.1, 0.15) is 5.82 Å². The minimum Gasteiger partial charge on any atom is -0.354 e. The molecular formula is C15H19N5O. The molecule has 4 rings (SSSR count). The average molecular weight is 285 g/mol. The van der Waals surface area contributed by atoms with Gasteiger partial charge in [0.05, 0.1) is 0 Å². The average Bonchev–Trinajstić information content (AvgIpc) is 3.25. The van der Waals surface area contributed by atoms with Gasteiger partial charge in [-0.1, -0.05) is 5.16 Å². The van der Waals surface area contributed by atoms with Crippen LogP contribution in [0.4, 0.5) is 5.82 Å². The van der Waals surface area contributed by atoms with Crippen LogP contribution in [0, 0.1) is 0 Å². The topological polar surface area (TPSA) is 58.3 Å². The van der Waals surface area contributed by atoms with E-state index in [-0.39, 0.29) is 0 Å². The van der Waals surface area contributed by atoms with Crippen LogP contribution in [-0.4, -0.2) is 53.3 Å². The van der Waals surface area contributed by atoms with E-state index in [1.54, 1.807) is 0 Å². The van der Waals surface area contributed by atoms with Gasteiger partial charge in [-0.25, -0.2) is 4.98 Å². The number of anilines is 1. The van der Waals surface area contributed by atoms with Crippen molar-refractivity contribution in [3.8, 4) is 11.4 Å². The van der Waals surface area contributed by atoms with Crippen molar-refractivity contribution in [1.82, 2.24) is 20.0 Å². The maximum absolute atomic E-state index is 5.34. The zero-order valence-electron chi connectivity index (χ0n) is 12.2. The van der Waals surface area contributed by atoms with Crippen LogP contribution >= 0.6 is 0 Å². The Morgan fingerprint density at radius 2 is 2.00 bits per heavy atom. The van der Waals surface area contributed by atoms with E-state index in [0.29, 0.717) is 11.7 Å². The van der Waals surface area contributed by atoms with E-state index < -0.39 is 0 Å². The van der Waals surface area contributed by atoms with E-state index in [4.69, 9.17) is 4.52 Å². The highest BCUT2D eigenvalue weighted by Crippen LogP contribution is 2.39. The maximum Gasteiger partial charge on any atom is 0.230 e. The summed E-state index contributed by atoms with van der Waals surface area (Å²) >= 11 is 0. The number of likely N-dealkylation sites (N-methyl/N-ethyl adjacent to an activating group) is 1. The normalized spacial score (nSPS) is 20.0. The maximum atomic E-state index is 5.34. The second-order valence-corrected chi connectivity index (χ2v) is 5.92. The van der Waals surface area contributed by atoms with Crippen molar-refractivity contribution < 1.29 is 4.52 Å².